The molecule has 0 spiro atoms. The number of rotatable bonds is 3. The molecule has 3 aromatic heterocycles. The third kappa shape index (κ3) is 3.46. The van der Waals surface area contributed by atoms with E-state index in [2.05, 4.69) is 0 Å². The molecule has 10 aromatic rings. The number of para-hydroxylation sites is 3. The minimum atomic E-state index is -0.909. The molecular formula is C42H26N2O. The average Bonchev–Trinajstić information content (AvgIpc) is 3.98. The highest BCUT2D eigenvalue weighted by Crippen LogP contribution is 2.41. The van der Waals surface area contributed by atoms with E-state index in [0.717, 1.165) is 9.13 Å². The molecule has 45 heavy (non-hydrogen) atoms. The zero-order valence-electron chi connectivity index (χ0n) is 43.7. The smallest absolute Gasteiger partial charge is 0.137 e. The summed E-state index contributed by atoms with van der Waals surface area (Å²) in [5.74, 6) is 0. The van der Waals surface area contributed by atoms with Crippen molar-refractivity contribution in [2.24, 2.45) is 0 Å². The Morgan fingerprint density at radius 2 is 1.09 bits per heavy atom. The largest absolute Gasteiger partial charge is 0.456 e. The van der Waals surface area contributed by atoms with Crippen molar-refractivity contribution in [1.82, 2.24) is 9.13 Å². The standard InChI is InChI=1S/C42H26N2O/c1-2-11-27(12-3-1)28-21-24-40-34(25-28)42-39(19-10-20-41(42)45-40)44-37-18-9-6-15-32(37)33-26-29(22-23-38(33)44)43-35-16-7-4-13-30(35)31-14-5-8-17-36(31)43/h1-26H/i4D,5D,6D,7D,8D,9D,10D,13D,14D,15D,16D,17D,18D,19D,20D,21D,22D,23D,24D,25D,26D. The van der Waals surface area contributed by atoms with Crippen molar-refractivity contribution < 1.29 is 33.2 Å². The second kappa shape index (κ2) is 9.22. The summed E-state index contributed by atoms with van der Waals surface area (Å²) in [6.07, 6.45) is 0. The fourth-order valence-electron chi connectivity index (χ4n) is 5.84. The molecule has 0 unspecified atom stereocenters. The Bertz CT molecular complexity index is 3870. The number of benzene rings is 7. The van der Waals surface area contributed by atoms with Gasteiger partial charge >= 0.3 is 0 Å². The van der Waals surface area contributed by atoms with Crippen LogP contribution in [0.15, 0.2) is 162 Å². The quantitative estimate of drug-likeness (QED) is 0.199. The highest BCUT2D eigenvalue weighted by molar-refractivity contribution is 6.16. The van der Waals surface area contributed by atoms with Crippen LogP contribution < -0.4 is 0 Å². The molecule has 0 aliphatic rings. The molecule has 0 saturated heterocycles. The lowest BCUT2D eigenvalue weighted by molar-refractivity contribution is 0.669. The van der Waals surface area contributed by atoms with Gasteiger partial charge in [-0.25, -0.2) is 0 Å². The fraction of sp³-hybridized carbons (Fsp3) is 0. The van der Waals surface area contributed by atoms with E-state index in [0.29, 0.717) is 5.56 Å². The molecule has 0 saturated carbocycles. The highest BCUT2D eigenvalue weighted by Gasteiger charge is 2.19. The first-order chi connectivity index (χ1) is 31.1. The molecule has 10 rings (SSSR count). The maximum atomic E-state index is 9.91. The van der Waals surface area contributed by atoms with E-state index in [1.807, 2.05) is 0 Å². The third-order valence-corrected chi connectivity index (χ3v) is 7.74. The zero-order valence-corrected chi connectivity index (χ0v) is 22.7. The maximum absolute atomic E-state index is 9.91. The molecule has 0 N–H and O–H groups in total. The summed E-state index contributed by atoms with van der Waals surface area (Å²) in [4.78, 5) is 0. The minimum absolute atomic E-state index is 0.0475. The van der Waals surface area contributed by atoms with E-state index in [1.165, 1.54) is 0 Å². The van der Waals surface area contributed by atoms with Crippen LogP contribution in [0.4, 0.5) is 0 Å². The molecule has 0 aliphatic carbocycles. The molecule has 3 heterocycles. The predicted octanol–water partition coefficient (Wildman–Crippen LogP) is 11.4. The number of furan rings is 1. The van der Waals surface area contributed by atoms with Gasteiger partial charge in [-0.05, 0) is 71.6 Å². The molecular weight excluding hydrogens is 548 g/mol. The molecule has 0 radical (unpaired) electrons. The van der Waals surface area contributed by atoms with Crippen LogP contribution in [0.3, 0.4) is 0 Å². The number of nitrogens with zero attached hydrogens (tertiary/aromatic N) is 2. The van der Waals surface area contributed by atoms with E-state index in [-0.39, 0.29) is 16.3 Å². The molecule has 210 valence electrons. The Morgan fingerprint density at radius 3 is 1.82 bits per heavy atom. The molecule has 0 aliphatic heterocycles. The van der Waals surface area contributed by atoms with Gasteiger partial charge in [0.25, 0.3) is 0 Å². The second-order valence-electron chi connectivity index (χ2n) is 10.1. The lowest BCUT2D eigenvalue weighted by Gasteiger charge is -2.11. The SMILES string of the molecule is [2H]c1c(-c2ccccc2)c([2H])c2c(oc3c([2H])c([2H])c([2H])c(-n4c5c([2H])c([2H])c([2H])c([2H])c5c5c([2H])c(-n6c7c([2H])c([2H])c([2H])c([2H])c7c7c([2H])c([2H])c([2H])c([2H])c76)c([2H])c([2H])c54)c32)c1[2H]. The van der Waals surface area contributed by atoms with E-state index in [9.17, 15) is 9.60 Å². The summed E-state index contributed by atoms with van der Waals surface area (Å²) in [5, 5.41) is -2.27. The molecule has 3 nitrogen and oxygen atoms in total. The van der Waals surface area contributed by atoms with Crippen LogP contribution in [0.1, 0.15) is 28.8 Å². The summed E-state index contributed by atoms with van der Waals surface area (Å²) in [5.41, 5.74) is -3.74. The van der Waals surface area contributed by atoms with Crippen molar-refractivity contribution in [2.45, 2.75) is 0 Å². The molecule has 0 bridgehead atoms. The summed E-state index contributed by atoms with van der Waals surface area (Å²) in [6.45, 7) is 0. The van der Waals surface area contributed by atoms with Gasteiger partial charge in [-0.2, -0.15) is 0 Å². The van der Waals surface area contributed by atoms with E-state index >= 15 is 0 Å². The van der Waals surface area contributed by atoms with E-state index < -0.39 is 193 Å². The third-order valence-electron chi connectivity index (χ3n) is 7.74. The van der Waals surface area contributed by atoms with Crippen LogP contribution in [-0.4, -0.2) is 9.13 Å². The highest BCUT2D eigenvalue weighted by atomic mass is 16.3. The van der Waals surface area contributed by atoms with Gasteiger partial charge in [0.15, 0.2) is 0 Å². The lowest BCUT2D eigenvalue weighted by Crippen LogP contribution is -1.96. The molecule has 0 amide bonds. The van der Waals surface area contributed by atoms with Crippen molar-refractivity contribution in [3.8, 4) is 22.5 Å². The fourth-order valence-corrected chi connectivity index (χ4v) is 5.84. The summed E-state index contributed by atoms with van der Waals surface area (Å²) >= 11 is 0. The van der Waals surface area contributed by atoms with Gasteiger partial charge in [0.1, 0.15) is 11.2 Å². The molecule has 0 atom stereocenters. The van der Waals surface area contributed by atoms with Gasteiger partial charge in [-0.15, -0.1) is 0 Å². The van der Waals surface area contributed by atoms with Crippen molar-refractivity contribution in [2.75, 3.05) is 0 Å². The first-order valence-corrected chi connectivity index (χ1v) is 13.7. The van der Waals surface area contributed by atoms with Crippen molar-refractivity contribution in [3.63, 3.8) is 0 Å². The van der Waals surface area contributed by atoms with E-state index in [4.69, 9.17) is 23.6 Å². The second-order valence-corrected chi connectivity index (χ2v) is 10.1. The first-order valence-electron chi connectivity index (χ1n) is 24.2. The Morgan fingerprint density at radius 1 is 0.444 bits per heavy atom. The summed E-state index contributed by atoms with van der Waals surface area (Å²) < 4.78 is 198. The van der Waals surface area contributed by atoms with Crippen LogP contribution in [0.25, 0.3) is 88.1 Å². The van der Waals surface area contributed by atoms with Crippen LogP contribution >= 0.6 is 0 Å². The Balaban J connectivity index is 1.50. The van der Waals surface area contributed by atoms with Gasteiger partial charge in [0.2, 0.25) is 0 Å². The topological polar surface area (TPSA) is 23.0 Å². The van der Waals surface area contributed by atoms with Gasteiger partial charge in [-0.3, -0.25) is 0 Å². The monoisotopic (exact) mass is 595 g/mol. The number of hydrogen-bond acceptors (Lipinski definition) is 1. The summed E-state index contributed by atoms with van der Waals surface area (Å²) in [6, 6.07) is -7.33. The molecule has 0 fully saturated rings. The maximum Gasteiger partial charge on any atom is 0.137 e. The average molecular weight is 596 g/mol. The summed E-state index contributed by atoms with van der Waals surface area (Å²) in [7, 11) is 0. The van der Waals surface area contributed by atoms with Crippen molar-refractivity contribution in [3.05, 3.63) is 157 Å². The van der Waals surface area contributed by atoms with Gasteiger partial charge in [0, 0.05) is 32.6 Å². The van der Waals surface area contributed by atoms with Crippen LogP contribution in [0.2, 0.25) is 0 Å². The van der Waals surface area contributed by atoms with Crippen LogP contribution in [-0.2, 0) is 0 Å². The van der Waals surface area contributed by atoms with Gasteiger partial charge in [0.05, 0.1) is 61.9 Å². The Kier molecular flexibility index (Phi) is 2.42. The Labute approximate surface area is 288 Å². The number of hydrogen-bond donors (Lipinski definition) is 0. The van der Waals surface area contributed by atoms with Crippen LogP contribution in [0.5, 0.6) is 0 Å². The van der Waals surface area contributed by atoms with Crippen molar-refractivity contribution in [1.29, 1.82) is 0 Å². The minimum Gasteiger partial charge on any atom is -0.456 e. The lowest BCUT2D eigenvalue weighted by atomic mass is 10.0. The van der Waals surface area contributed by atoms with Crippen molar-refractivity contribution >= 4 is 65.6 Å². The first kappa shape index (κ1) is 11.8. The predicted molar refractivity (Wildman–Crippen MR) is 188 cm³/mol. The zero-order chi connectivity index (χ0) is 47.8. The Hall–Kier alpha value is -6.06. The van der Waals surface area contributed by atoms with Gasteiger partial charge < -0.3 is 13.6 Å². The van der Waals surface area contributed by atoms with Crippen LogP contribution in [0, 0.1) is 0 Å². The number of fused-ring (bicyclic) bond motifs is 9. The normalized spacial score (nSPS) is 18.5. The molecule has 3 heteroatoms. The van der Waals surface area contributed by atoms with E-state index in [1.54, 1.807) is 30.3 Å². The van der Waals surface area contributed by atoms with Gasteiger partial charge in [-0.1, -0.05) is 96.8 Å². The number of aromatic nitrogens is 2. The molecule has 7 aromatic carbocycles.